The summed E-state index contributed by atoms with van der Waals surface area (Å²) in [6.07, 6.45) is 3.78. The third-order valence-corrected chi connectivity index (χ3v) is 7.35. The monoisotopic (exact) mass is 1020 g/mol. The van der Waals surface area contributed by atoms with Crippen molar-refractivity contribution in [1.82, 2.24) is 9.97 Å². The first-order chi connectivity index (χ1) is 21.6. The van der Waals surface area contributed by atoms with Crippen molar-refractivity contribution in [2.45, 2.75) is 0 Å². The van der Waals surface area contributed by atoms with Gasteiger partial charge < -0.3 is 12.4 Å². The van der Waals surface area contributed by atoms with Crippen LogP contribution in [0.3, 0.4) is 0 Å². The minimum atomic E-state index is -1.92. The van der Waals surface area contributed by atoms with Crippen molar-refractivity contribution in [3.63, 3.8) is 0 Å². The Bertz CT molecular complexity index is 2020. The molecule has 8 aromatic rings. The number of halogens is 3. The SMILES string of the molecule is [CH3-].[Cl][Ir]([Cl])[Cl].[Ir].[c-]1ccccc1-c1nccc2c1ccc1ccccc12.c1ccc(-c2nccc3c2ccc2ccccc23)cc1. The number of rotatable bonds is 2. The number of pyridine rings is 2. The Hall–Kier alpha value is -3.17. The molecule has 2 heterocycles. The maximum absolute atomic E-state index is 4.97. The third kappa shape index (κ3) is 8.21. The van der Waals surface area contributed by atoms with Gasteiger partial charge in [0.25, 0.3) is 0 Å². The maximum Gasteiger partial charge on any atom is 0.0780 e. The van der Waals surface area contributed by atoms with Crippen LogP contribution < -0.4 is 0 Å². The summed E-state index contributed by atoms with van der Waals surface area (Å²) in [5.74, 6) is 0. The number of hydrogen-bond donors (Lipinski definition) is 0. The molecule has 0 saturated heterocycles. The molecule has 0 atom stereocenters. The zero-order valence-corrected chi connectivity index (χ0v) is 31.7. The van der Waals surface area contributed by atoms with Gasteiger partial charge in [0.2, 0.25) is 0 Å². The molecule has 0 aliphatic rings. The van der Waals surface area contributed by atoms with Crippen molar-refractivity contribution in [3.8, 4) is 22.5 Å². The minimum absolute atomic E-state index is 0. The molecule has 235 valence electrons. The summed E-state index contributed by atoms with van der Waals surface area (Å²) in [4.78, 5) is 9.14. The molecule has 0 aliphatic heterocycles. The van der Waals surface area contributed by atoms with E-state index in [9.17, 15) is 0 Å². The number of aromatic nitrogens is 2. The summed E-state index contributed by atoms with van der Waals surface area (Å²) in [5, 5.41) is 9.96. The quantitative estimate of drug-likeness (QED) is 0.127. The van der Waals surface area contributed by atoms with Crippen LogP contribution in [0.15, 0.2) is 152 Å². The van der Waals surface area contributed by atoms with Crippen LogP contribution >= 0.6 is 28.8 Å². The van der Waals surface area contributed by atoms with E-state index in [0.29, 0.717) is 0 Å². The Morgan fingerprint density at radius 1 is 0.457 bits per heavy atom. The van der Waals surface area contributed by atoms with E-state index in [2.05, 4.69) is 131 Å². The van der Waals surface area contributed by atoms with Crippen molar-refractivity contribution in [1.29, 1.82) is 0 Å². The fourth-order valence-corrected chi connectivity index (χ4v) is 5.46. The van der Waals surface area contributed by atoms with Crippen LogP contribution in [-0.2, 0) is 33.6 Å². The van der Waals surface area contributed by atoms with E-state index in [1.165, 1.54) is 43.1 Å². The summed E-state index contributed by atoms with van der Waals surface area (Å²) in [5.41, 5.74) is 4.24. The molecule has 2 aromatic heterocycles. The molecule has 0 spiro atoms. The van der Waals surface area contributed by atoms with Crippen LogP contribution in [0.4, 0.5) is 0 Å². The second kappa shape index (κ2) is 17.1. The van der Waals surface area contributed by atoms with Crippen LogP contribution in [0, 0.1) is 13.5 Å². The molecular formula is C39H28Cl3Ir2N2-2. The molecule has 0 amide bonds. The normalized spacial score (nSPS) is 10.5. The Kier molecular flexibility index (Phi) is 13.3. The van der Waals surface area contributed by atoms with Gasteiger partial charge >= 0.3 is 42.2 Å². The summed E-state index contributed by atoms with van der Waals surface area (Å²) >= 11 is -1.92. The Balaban J connectivity index is 0.000000180. The Morgan fingerprint density at radius 3 is 1.48 bits per heavy atom. The maximum atomic E-state index is 4.97. The molecule has 0 aliphatic carbocycles. The van der Waals surface area contributed by atoms with Gasteiger partial charge in [-0.05, 0) is 55.5 Å². The van der Waals surface area contributed by atoms with E-state index >= 15 is 0 Å². The van der Waals surface area contributed by atoms with Gasteiger partial charge in [0.15, 0.2) is 0 Å². The average Bonchev–Trinajstić information content (AvgIpc) is 3.08. The summed E-state index contributed by atoms with van der Waals surface area (Å²) in [6, 6.07) is 51.4. The smallest absolute Gasteiger partial charge is 0.0780 e. The van der Waals surface area contributed by atoms with E-state index in [1.54, 1.807) is 0 Å². The van der Waals surface area contributed by atoms with Crippen molar-refractivity contribution < 1.29 is 33.6 Å². The molecule has 2 nitrogen and oxygen atoms in total. The van der Waals surface area contributed by atoms with E-state index in [4.69, 9.17) is 28.8 Å². The molecule has 0 fully saturated rings. The van der Waals surface area contributed by atoms with E-state index in [1.807, 2.05) is 36.7 Å². The van der Waals surface area contributed by atoms with Crippen molar-refractivity contribution in [2.75, 3.05) is 0 Å². The first-order valence-corrected chi connectivity index (χ1v) is 22.7. The van der Waals surface area contributed by atoms with Gasteiger partial charge in [-0.15, -0.1) is 35.9 Å². The van der Waals surface area contributed by atoms with Crippen LogP contribution in [0.2, 0.25) is 0 Å². The topological polar surface area (TPSA) is 25.8 Å². The standard InChI is InChI=1S/C19H13N.C19H12N.CH3.3ClH.2Ir/c2*1-2-7-15(8-3-1)19-18-11-10-14-6-4-5-9-16(14)17(18)12-13-20-19;;;;;;/h1-13H;1-7,9-13H;1H3;3*1H;;/q;2*-1;;;;;+3/p-3. The molecular weight excluding hydrogens is 987 g/mol. The third-order valence-electron chi connectivity index (χ3n) is 7.35. The molecule has 1 radical (unpaired) electrons. The fraction of sp³-hybridized carbons (Fsp3) is 0. The first kappa shape index (κ1) is 35.7. The predicted octanol–water partition coefficient (Wildman–Crippen LogP) is 12.4. The van der Waals surface area contributed by atoms with Gasteiger partial charge in [-0.25, -0.2) is 0 Å². The number of fused-ring (bicyclic) bond motifs is 6. The van der Waals surface area contributed by atoms with Crippen molar-refractivity contribution in [3.05, 3.63) is 165 Å². The summed E-state index contributed by atoms with van der Waals surface area (Å²) in [6.45, 7) is 0. The fourth-order valence-electron chi connectivity index (χ4n) is 5.46. The zero-order valence-electron chi connectivity index (χ0n) is 24.6. The van der Waals surface area contributed by atoms with Gasteiger partial charge in [0.1, 0.15) is 0 Å². The second-order valence-electron chi connectivity index (χ2n) is 9.87. The van der Waals surface area contributed by atoms with Crippen LogP contribution in [0.5, 0.6) is 0 Å². The summed E-state index contributed by atoms with van der Waals surface area (Å²) in [7, 11) is 14.9. The largest absolute Gasteiger partial charge is 0.304 e. The number of hydrogen-bond acceptors (Lipinski definition) is 2. The van der Waals surface area contributed by atoms with Crippen molar-refractivity contribution >= 4 is 71.8 Å². The molecule has 0 unspecified atom stereocenters. The van der Waals surface area contributed by atoms with Gasteiger partial charge in [0, 0.05) is 43.4 Å². The van der Waals surface area contributed by atoms with Gasteiger partial charge in [-0.3, -0.25) is 4.98 Å². The average molecular weight is 1020 g/mol. The Labute approximate surface area is 300 Å². The van der Waals surface area contributed by atoms with E-state index in [0.717, 1.165) is 22.5 Å². The molecule has 0 saturated carbocycles. The van der Waals surface area contributed by atoms with Gasteiger partial charge in [0.05, 0.1) is 5.69 Å². The van der Waals surface area contributed by atoms with E-state index in [-0.39, 0.29) is 27.5 Å². The van der Waals surface area contributed by atoms with Crippen LogP contribution in [0.25, 0.3) is 65.6 Å². The molecule has 0 bridgehead atoms. The second-order valence-corrected chi connectivity index (χ2v) is 20.2. The predicted molar refractivity (Wildman–Crippen MR) is 192 cm³/mol. The minimum Gasteiger partial charge on any atom is -0.304 e. The van der Waals surface area contributed by atoms with Gasteiger partial charge in [-0.1, -0.05) is 103 Å². The zero-order chi connectivity index (χ0) is 30.3. The van der Waals surface area contributed by atoms with Crippen LogP contribution in [-0.4, -0.2) is 9.97 Å². The molecule has 0 N–H and O–H groups in total. The van der Waals surface area contributed by atoms with Gasteiger partial charge in [-0.2, -0.15) is 0 Å². The number of nitrogens with zero attached hydrogens (tertiary/aromatic N) is 2. The molecule has 6 aromatic carbocycles. The summed E-state index contributed by atoms with van der Waals surface area (Å²) < 4.78 is 0. The molecule has 7 heteroatoms. The van der Waals surface area contributed by atoms with Crippen LogP contribution in [0.1, 0.15) is 0 Å². The molecule has 8 rings (SSSR count). The Morgan fingerprint density at radius 2 is 0.935 bits per heavy atom. The van der Waals surface area contributed by atoms with Crippen molar-refractivity contribution in [2.24, 2.45) is 0 Å². The molecule has 46 heavy (non-hydrogen) atoms. The number of benzene rings is 6. The van der Waals surface area contributed by atoms with E-state index < -0.39 is 13.5 Å². The first-order valence-electron chi connectivity index (χ1n) is 13.8.